The lowest BCUT2D eigenvalue weighted by molar-refractivity contribution is -0.139. The first-order valence-electron chi connectivity index (χ1n) is 3.79. The van der Waals surface area contributed by atoms with Crippen molar-refractivity contribution in [1.82, 2.24) is 4.72 Å². The number of carboxylic acids is 1. The molecule has 0 saturated carbocycles. The third-order valence-electron chi connectivity index (χ3n) is 1.57. The van der Waals surface area contributed by atoms with Gasteiger partial charge in [0.05, 0.1) is 6.61 Å². The summed E-state index contributed by atoms with van der Waals surface area (Å²) in [5, 5.41) is 8.25. The van der Waals surface area contributed by atoms with E-state index in [1.54, 1.807) is 0 Å². The number of nitrogens with one attached hydrogen (secondary N) is 1. The van der Waals surface area contributed by atoms with Crippen LogP contribution in [0.25, 0.3) is 0 Å². The van der Waals surface area contributed by atoms with Crippen LogP contribution in [0.5, 0.6) is 0 Å². The van der Waals surface area contributed by atoms with Crippen molar-refractivity contribution in [2.45, 2.75) is 12.5 Å². The molecule has 1 unspecified atom stereocenters. The minimum atomic E-state index is -3.95. The molecule has 14 heavy (non-hydrogen) atoms. The van der Waals surface area contributed by atoms with E-state index in [0.717, 1.165) is 0 Å². The van der Waals surface area contributed by atoms with Gasteiger partial charge in [0.25, 0.3) is 0 Å². The van der Waals surface area contributed by atoms with Crippen LogP contribution in [0.15, 0.2) is 0 Å². The number of esters is 1. The number of sulfonamides is 1. The predicted molar refractivity (Wildman–Crippen MR) is 43.9 cm³/mol. The molecule has 1 aliphatic rings. The summed E-state index contributed by atoms with van der Waals surface area (Å²) < 4.78 is 28.5. The van der Waals surface area contributed by atoms with E-state index in [0.29, 0.717) is 0 Å². The molecule has 1 fully saturated rings. The highest BCUT2D eigenvalue weighted by Gasteiger charge is 2.31. The molecule has 0 radical (unpaired) electrons. The predicted octanol–water partition coefficient (Wildman–Crippen LogP) is -1.69. The van der Waals surface area contributed by atoms with Gasteiger partial charge in [-0.25, -0.2) is 13.1 Å². The van der Waals surface area contributed by atoms with Crippen molar-refractivity contribution in [3.8, 4) is 0 Å². The van der Waals surface area contributed by atoms with Gasteiger partial charge < -0.3 is 9.84 Å². The molecule has 8 heteroatoms. The van der Waals surface area contributed by atoms with E-state index in [9.17, 15) is 18.0 Å². The molecule has 0 bridgehead atoms. The largest absolute Gasteiger partial charge is 0.480 e. The average molecular weight is 223 g/mol. The van der Waals surface area contributed by atoms with Crippen molar-refractivity contribution in [2.75, 3.05) is 12.4 Å². The Hall–Kier alpha value is -1.15. The lowest BCUT2D eigenvalue weighted by atomic mass is 10.3. The van der Waals surface area contributed by atoms with Gasteiger partial charge in [0.1, 0.15) is 6.04 Å². The molecule has 0 spiro atoms. The molecule has 1 rings (SSSR count). The monoisotopic (exact) mass is 223 g/mol. The molecule has 0 amide bonds. The van der Waals surface area contributed by atoms with Gasteiger partial charge in [-0.3, -0.25) is 9.59 Å². The zero-order valence-corrected chi connectivity index (χ0v) is 7.91. The number of cyclic esters (lactones) is 1. The summed E-state index contributed by atoms with van der Waals surface area (Å²) in [4.78, 5) is 21.0. The first-order valence-corrected chi connectivity index (χ1v) is 5.44. The van der Waals surface area contributed by atoms with Crippen molar-refractivity contribution in [3.63, 3.8) is 0 Å². The van der Waals surface area contributed by atoms with Crippen LogP contribution >= 0.6 is 0 Å². The lowest BCUT2D eigenvalue weighted by Crippen LogP contribution is -2.40. The number of hydrogen-bond acceptors (Lipinski definition) is 5. The maximum absolute atomic E-state index is 11.0. The van der Waals surface area contributed by atoms with Gasteiger partial charge in [-0.15, -0.1) is 0 Å². The highest BCUT2D eigenvalue weighted by atomic mass is 32.2. The maximum Gasteiger partial charge on any atom is 0.324 e. The van der Waals surface area contributed by atoms with E-state index < -0.39 is 33.8 Å². The Morgan fingerprint density at radius 2 is 2.29 bits per heavy atom. The molecular weight excluding hydrogens is 214 g/mol. The van der Waals surface area contributed by atoms with E-state index in [4.69, 9.17) is 5.11 Å². The van der Waals surface area contributed by atoms with Crippen LogP contribution in [-0.4, -0.2) is 43.9 Å². The quantitative estimate of drug-likeness (QED) is 0.550. The molecule has 2 N–H and O–H groups in total. The molecule has 0 aromatic heterocycles. The number of carboxylic acid groups (broad SMARTS) is 1. The van der Waals surface area contributed by atoms with Crippen LogP contribution in [0.1, 0.15) is 6.42 Å². The fraction of sp³-hybridized carbons (Fsp3) is 0.667. The summed E-state index contributed by atoms with van der Waals surface area (Å²) >= 11 is 0. The summed E-state index contributed by atoms with van der Waals surface area (Å²) in [6.45, 7) is 0.152. The van der Waals surface area contributed by atoms with Crippen LogP contribution in [0.4, 0.5) is 0 Å². The number of hydrogen-bond donors (Lipinski definition) is 2. The van der Waals surface area contributed by atoms with Crippen molar-refractivity contribution >= 4 is 22.0 Å². The second-order valence-electron chi connectivity index (χ2n) is 2.78. The van der Waals surface area contributed by atoms with E-state index in [1.165, 1.54) is 0 Å². The lowest BCUT2D eigenvalue weighted by Gasteiger charge is -2.07. The molecule has 0 aromatic carbocycles. The second kappa shape index (κ2) is 3.93. The number of ether oxygens (including phenoxy) is 1. The highest BCUT2D eigenvalue weighted by Crippen LogP contribution is 2.06. The molecule has 1 aliphatic heterocycles. The van der Waals surface area contributed by atoms with Crippen LogP contribution < -0.4 is 4.72 Å². The minimum absolute atomic E-state index is 0.152. The Balaban J connectivity index is 2.59. The van der Waals surface area contributed by atoms with Crippen molar-refractivity contribution < 1.29 is 27.9 Å². The molecule has 1 atom stereocenters. The van der Waals surface area contributed by atoms with Gasteiger partial charge >= 0.3 is 11.9 Å². The number of rotatable bonds is 4. The van der Waals surface area contributed by atoms with Crippen LogP contribution in [0.3, 0.4) is 0 Å². The van der Waals surface area contributed by atoms with Gasteiger partial charge in [-0.2, -0.15) is 0 Å². The zero-order chi connectivity index (χ0) is 10.8. The van der Waals surface area contributed by atoms with Crippen LogP contribution in [0, 0.1) is 0 Å². The van der Waals surface area contributed by atoms with Crippen molar-refractivity contribution in [2.24, 2.45) is 0 Å². The summed E-state index contributed by atoms with van der Waals surface area (Å²) in [6.07, 6.45) is 0.234. The molecule has 0 aliphatic carbocycles. The maximum atomic E-state index is 11.0. The molecule has 7 nitrogen and oxygen atoms in total. The summed E-state index contributed by atoms with van der Waals surface area (Å²) in [5.74, 6) is -3.18. The second-order valence-corrected chi connectivity index (χ2v) is 4.53. The Morgan fingerprint density at radius 1 is 1.64 bits per heavy atom. The first-order chi connectivity index (χ1) is 6.41. The fourth-order valence-electron chi connectivity index (χ4n) is 1.02. The third-order valence-corrected chi connectivity index (χ3v) is 2.84. The summed E-state index contributed by atoms with van der Waals surface area (Å²) in [5.41, 5.74) is 0. The van der Waals surface area contributed by atoms with Gasteiger partial charge in [0.2, 0.25) is 10.0 Å². The highest BCUT2D eigenvalue weighted by molar-refractivity contribution is 7.90. The molecule has 1 heterocycles. The Kier molecular flexibility index (Phi) is 3.06. The molecular formula is C6H9NO6S. The Morgan fingerprint density at radius 3 is 2.71 bits per heavy atom. The summed E-state index contributed by atoms with van der Waals surface area (Å²) in [7, 11) is -3.95. The topological polar surface area (TPSA) is 110 Å². The van der Waals surface area contributed by atoms with E-state index in [-0.39, 0.29) is 13.0 Å². The third kappa shape index (κ3) is 2.96. The SMILES string of the molecule is O=C(O)CS(=O)(=O)NC1CCOC1=O. The van der Waals surface area contributed by atoms with Gasteiger partial charge in [0, 0.05) is 6.42 Å². The van der Waals surface area contributed by atoms with Gasteiger partial charge in [0.15, 0.2) is 5.75 Å². The van der Waals surface area contributed by atoms with E-state index in [2.05, 4.69) is 4.74 Å². The average Bonchev–Trinajstić information content (AvgIpc) is 2.32. The van der Waals surface area contributed by atoms with Crippen LogP contribution in [-0.2, 0) is 24.3 Å². The summed E-state index contributed by atoms with van der Waals surface area (Å²) in [6, 6.07) is -0.945. The van der Waals surface area contributed by atoms with Crippen molar-refractivity contribution in [3.05, 3.63) is 0 Å². The molecule has 80 valence electrons. The van der Waals surface area contributed by atoms with Gasteiger partial charge in [-0.1, -0.05) is 0 Å². The van der Waals surface area contributed by atoms with Crippen molar-refractivity contribution in [1.29, 1.82) is 0 Å². The normalized spacial score (nSPS) is 22.0. The number of carbonyl (C=O) groups excluding carboxylic acids is 1. The Bertz CT molecular complexity index is 347. The number of carbonyl (C=O) groups is 2. The van der Waals surface area contributed by atoms with E-state index in [1.807, 2.05) is 4.72 Å². The standard InChI is InChI=1S/C6H9NO6S/c8-5(9)3-14(11,12)7-4-1-2-13-6(4)10/h4,7H,1-3H2,(H,8,9). The molecule has 0 aromatic rings. The van der Waals surface area contributed by atoms with E-state index >= 15 is 0 Å². The number of aliphatic carboxylic acids is 1. The Labute approximate surface area is 80.1 Å². The smallest absolute Gasteiger partial charge is 0.324 e. The van der Waals surface area contributed by atoms with Gasteiger partial charge in [-0.05, 0) is 0 Å². The first kappa shape index (κ1) is 10.9. The minimum Gasteiger partial charge on any atom is -0.480 e. The fourth-order valence-corrected chi connectivity index (χ4v) is 2.08. The zero-order valence-electron chi connectivity index (χ0n) is 7.10. The van der Waals surface area contributed by atoms with Crippen LogP contribution in [0.2, 0.25) is 0 Å². The molecule has 1 saturated heterocycles.